The fourth-order valence-electron chi connectivity index (χ4n) is 3.83. The Balaban J connectivity index is 0.00000222. The second kappa shape index (κ2) is 14.4. The van der Waals surface area contributed by atoms with Crippen LogP contribution in [-0.2, 0) is 5.75 Å². The number of benzene rings is 2. The molecular weight excluding hydrogens is 464 g/mol. The second-order valence-electron chi connectivity index (χ2n) is 8.65. The SMILES string of the molecule is C/C=N\c1[nH]ncc1/C(SCc1cccc(C(=O)Nc2ccc(C(C)C)c(C)c2)c1)=C(\C)CC.CC. The minimum atomic E-state index is -0.0987. The molecule has 1 heterocycles. The van der Waals surface area contributed by atoms with Crippen molar-refractivity contribution in [3.05, 3.63) is 82.1 Å². The largest absolute Gasteiger partial charge is 0.322 e. The summed E-state index contributed by atoms with van der Waals surface area (Å²) in [6, 6.07) is 13.9. The van der Waals surface area contributed by atoms with E-state index in [9.17, 15) is 4.79 Å². The van der Waals surface area contributed by atoms with Gasteiger partial charge in [-0.05, 0) is 74.1 Å². The first-order valence-electron chi connectivity index (χ1n) is 12.7. The number of amides is 1. The van der Waals surface area contributed by atoms with Crippen molar-refractivity contribution in [1.29, 1.82) is 0 Å². The summed E-state index contributed by atoms with van der Waals surface area (Å²) in [7, 11) is 0. The number of anilines is 1. The van der Waals surface area contributed by atoms with Gasteiger partial charge in [-0.25, -0.2) is 4.99 Å². The predicted molar refractivity (Wildman–Crippen MR) is 158 cm³/mol. The molecule has 0 aliphatic carbocycles. The van der Waals surface area contributed by atoms with Gasteiger partial charge >= 0.3 is 0 Å². The van der Waals surface area contributed by atoms with Gasteiger partial charge in [-0.3, -0.25) is 9.89 Å². The zero-order chi connectivity index (χ0) is 26.7. The molecule has 0 bridgehead atoms. The van der Waals surface area contributed by atoms with Crippen LogP contribution in [0, 0.1) is 6.92 Å². The molecule has 3 aromatic rings. The van der Waals surface area contributed by atoms with E-state index >= 15 is 0 Å². The number of aryl methyl sites for hydroxylation is 1. The fraction of sp³-hybridized carbons (Fsp3) is 0.367. The topological polar surface area (TPSA) is 70.1 Å². The Labute approximate surface area is 220 Å². The van der Waals surface area contributed by atoms with Crippen molar-refractivity contribution in [3.8, 4) is 0 Å². The van der Waals surface area contributed by atoms with Crippen molar-refractivity contribution in [1.82, 2.24) is 10.2 Å². The molecule has 6 heteroatoms. The summed E-state index contributed by atoms with van der Waals surface area (Å²) in [5, 5.41) is 10.2. The Hall–Kier alpha value is -3.12. The van der Waals surface area contributed by atoms with Gasteiger partial charge < -0.3 is 5.32 Å². The van der Waals surface area contributed by atoms with Crippen LogP contribution in [0.5, 0.6) is 0 Å². The third-order valence-corrected chi connectivity index (χ3v) is 7.10. The molecule has 3 rings (SSSR count). The van der Waals surface area contributed by atoms with Crippen molar-refractivity contribution in [2.75, 3.05) is 5.32 Å². The highest BCUT2D eigenvalue weighted by atomic mass is 32.2. The van der Waals surface area contributed by atoms with Crippen LogP contribution in [-0.4, -0.2) is 22.3 Å². The third-order valence-electron chi connectivity index (χ3n) is 5.76. The van der Waals surface area contributed by atoms with E-state index in [-0.39, 0.29) is 5.91 Å². The molecule has 2 N–H and O–H groups in total. The lowest BCUT2D eigenvalue weighted by Crippen LogP contribution is -2.12. The van der Waals surface area contributed by atoms with Crippen LogP contribution in [0.4, 0.5) is 11.5 Å². The number of hydrogen-bond donors (Lipinski definition) is 2. The standard InChI is InChI=1S/C28H34N4OS.C2H6/c1-7-19(5)26(25-16-30-32-27(25)29-8-2)34-17-21-10-9-11-22(15-21)28(33)31-23-12-13-24(18(3)4)20(6)14-23;1-2/h8-16,18H,7,17H2,1-6H3,(H,30,32)(H,31,33);1-2H3/b26-19-,29-8-;. The van der Waals surface area contributed by atoms with Crippen molar-refractivity contribution < 1.29 is 4.79 Å². The second-order valence-corrected chi connectivity index (χ2v) is 9.64. The summed E-state index contributed by atoms with van der Waals surface area (Å²) in [6.45, 7) is 16.6. The Bertz CT molecular complexity index is 1210. The number of carbonyl (C=O) groups is 1. The van der Waals surface area contributed by atoms with Crippen LogP contribution in [0.2, 0.25) is 0 Å². The van der Waals surface area contributed by atoms with Gasteiger partial charge in [-0.2, -0.15) is 5.10 Å². The minimum absolute atomic E-state index is 0.0987. The number of nitrogens with one attached hydrogen (secondary N) is 2. The first-order chi connectivity index (χ1) is 17.3. The van der Waals surface area contributed by atoms with E-state index in [0.717, 1.165) is 34.8 Å². The van der Waals surface area contributed by atoms with Gasteiger partial charge in [-0.1, -0.05) is 58.4 Å². The van der Waals surface area contributed by atoms with Crippen LogP contribution < -0.4 is 5.32 Å². The lowest BCUT2D eigenvalue weighted by molar-refractivity contribution is 0.102. The highest BCUT2D eigenvalue weighted by Crippen LogP contribution is 2.38. The highest BCUT2D eigenvalue weighted by molar-refractivity contribution is 8.07. The molecule has 0 aliphatic rings. The molecule has 36 heavy (non-hydrogen) atoms. The maximum atomic E-state index is 12.9. The fourth-order valence-corrected chi connectivity index (χ4v) is 5.01. The Kier molecular flexibility index (Phi) is 11.7. The predicted octanol–water partition coefficient (Wildman–Crippen LogP) is 8.92. The van der Waals surface area contributed by atoms with E-state index in [0.29, 0.717) is 11.5 Å². The number of H-pyrrole nitrogens is 1. The number of thioether (sulfide) groups is 1. The molecule has 0 fully saturated rings. The molecule has 1 amide bonds. The number of rotatable bonds is 9. The maximum Gasteiger partial charge on any atom is 0.255 e. The molecule has 0 atom stereocenters. The molecule has 5 nitrogen and oxygen atoms in total. The summed E-state index contributed by atoms with van der Waals surface area (Å²) >= 11 is 1.75. The summed E-state index contributed by atoms with van der Waals surface area (Å²) in [4.78, 5) is 18.5. The van der Waals surface area contributed by atoms with Crippen molar-refractivity contribution in [2.45, 2.75) is 73.5 Å². The molecule has 0 spiro atoms. The molecule has 0 unspecified atom stereocenters. The van der Waals surface area contributed by atoms with Crippen LogP contribution in [0.3, 0.4) is 0 Å². The molecule has 0 saturated heterocycles. The first-order valence-corrected chi connectivity index (χ1v) is 13.7. The van der Waals surface area contributed by atoms with Crippen LogP contribution in [0.15, 0.2) is 59.2 Å². The molecule has 2 aromatic carbocycles. The van der Waals surface area contributed by atoms with E-state index in [4.69, 9.17) is 0 Å². The number of carbonyl (C=O) groups excluding carboxylic acids is 1. The molecular formula is C30H40N4OS. The average Bonchev–Trinajstić information content (AvgIpc) is 3.33. The highest BCUT2D eigenvalue weighted by Gasteiger charge is 2.14. The normalized spacial score (nSPS) is 11.8. The third kappa shape index (κ3) is 7.69. The smallest absolute Gasteiger partial charge is 0.255 e. The Morgan fingerprint density at radius 2 is 1.94 bits per heavy atom. The van der Waals surface area contributed by atoms with Crippen LogP contribution in [0.1, 0.15) is 93.4 Å². The maximum absolute atomic E-state index is 12.9. The molecule has 192 valence electrons. The zero-order valence-electron chi connectivity index (χ0n) is 22.9. The molecule has 1 aromatic heterocycles. The number of aromatic amines is 1. The van der Waals surface area contributed by atoms with Gasteiger partial charge in [-0.15, -0.1) is 11.8 Å². The monoisotopic (exact) mass is 504 g/mol. The number of aromatic nitrogens is 2. The summed E-state index contributed by atoms with van der Waals surface area (Å²) in [5.41, 5.74) is 7.35. The molecule has 0 aliphatic heterocycles. The lowest BCUT2D eigenvalue weighted by Gasteiger charge is -2.13. The van der Waals surface area contributed by atoms with Gasteiger partial charge in [0.05, 0.1) is 11.8 Å². The number of nitrogens with zero attached hydrogens (tertiary/aromatic N) is 2. The van der Waals surface area contributed by atoms with E-state index in [1.54, 1.807) is 18.0 Å². The average molecular weight is 505 g/mol. The quantitative estimate of drug-likeness (QED) is 0.286. The van der Waals surface area contributed by atoms with Gasteiger partial charge in [0, 0.05) is 28.1 Å². The Morgan fingerprint density at radius 3 is 2.58 bits per heavy atom. The molecule has 0 saturated carbocycles. The zero-order valence-corrected chi connectivity index (χ0v) is 23.7. The van der Waals surface area contributed by atoms with Gasteiger partial charge in [0.2, 0.25) is 0 Å². The van der Waals surface area contributed by atoms with Gasteiger partial charge in [0.1, 0.15) is 0 Å². The number of hydrogen-bond acceptors (Lipinski definition) is 4. The van der Waals surface area contributed by atoms with Crippen LogP contribution in [0.25, 0.3) is 4.91 Å². The van der Waals surface area contributed by atoms with Crippen molar-refractivity contribution in [3.63, 3.8) is 0 Å². The lowest BCUT2D eigenvalue weighted by atomic mass is 9.97. The molecule has 0 radical (unpaired) electrons. The number of allylic oxidation sites excluding steroid dienone is 1. The Morgan fingerprint density at radius 1 is 1.19 bits per heavy atom. The van der Waals surface area contributed by atoms with E-state index in [1.807, 2.05) is 57.3 Å². The van der Waals surface area contributed by atoms with Crippen molar-refractivity contribution in [2.24, 2.45) is 4.99 Å². The van der Waals surface area contributed by atoms with Gasteiger partial charge in [0.15, 0.2) is 5.82 Å². The van der Waals surface area contributed by atoms with E-state index < -0.39 is 0 Å². The van der Waals surface area contributed by atoms with Gasteiger partial charge in [0.25, 0.3) is 5.91 Å². The van der Waals surface area contributed by atoms with Crippen LogP contribution >= 0.6 is 11.8 Å². The van der Waals surface area contributed by atoms with Crippen molar-refractivity contribution >= 4 is 40.3 Å². The first kappa shape index (κ1) is 29.1. The number of aliphatic imine (C=N–C) groups is 1. The minimum Gasteiger partial charge on any atom is -0.322 e. The summed E-state index contributed by atoms with van der Waals surface area (Å²) < 4.78 is 0. The van der Waals surface area contributed by atoms with E-state index in [1.165, 1.54) is 21.6 Å². The van der Waals surface area contributed by atoms with E-state index in [2.05, 4.69) is 67.3 Å². The summed E-state index contributed by atoms with van der Waals surface area (Å²) in [5.74, 6) is 1.88. The summed E-state index contributed by atoms with van der Waals surface area (Å²) in [6.07, 6.45) is 4.54.